The number of esters is 1. The Bertz CT molecular complexity index is 1450. The Morgan fingerprint density at radius 1 is 1.03 bits per heavy atom. The summed E-state index contributed by atoms with van der Waals surface area (Å²) in [4.78, 5) is 25.8. The van der Waals surface area contributed by atoms with E-state index in [0.717, 1.165) is 33.3 Å². The topological polar surface area (TPSA) is 93.9 Å². The Labute approximate surface area is 208 Å². The van der Waals surface area contributed by atoms with Crippen molar-refractivity contribution in [3.8, 4) is 5.75 Å². The molecule has 5 rings (SSSR count). The maximum absolute atomic E-state index is 13.3. The minimum absolute atomic E-state index is 0.235. The number of nitrogens with zero attached hydrogens (tertiary/aromatic N) is 2. The second kappa shape index (κ2) is 9.58. The molecule has 0 fully saturated rings. The number of aryl methyl sites for hydroxylation is 2. The standard InChI is InChI=1S/C28H25N3O5/c1-17-27(18(2)36-30-17)28(33)35-16-26(32)31-25(20-10-12-23(34-3)13-11-20)15-24(29-31)22-9-8-19-6-4-5-7-21(19)14-22/h4-15,25,29H,16H2,1-3H3/t25-/m1/s1. The lowest BCUT2D eigenvalue weighted by Gasteiger charge is -2.25. The van der Waals surface area contributed by atoms with E-state index in [1.165, 1.54) is 5.01 Å². The Morgan fingerprint density at radius 3 is 2.47 bits per heavy atom. The molecule has 1 amide bonds. The third-order valence-corrected chi connectivity index (χ3v) is 6.19. The smallest absolute Gasteiger partial charge is 0.344 e. The number of fused-ring (bicyclic) bond motifs is 1. The summed E-state index contributed by atoms with van der Waals surface area (Å²) in [5, 5.41) is 7.47. The molecule has 0 radical (unpaired) electrons. The van der Waals surface area contributed by atoms with Gasteiger partial charge in [-0.05, 0) is 60.0 Å². The molecule has 4 aromatic rings. The second-order valence-electron chi connectivity index (χ2n) is 8.51. The van der Waals surface area contributed by atoms with Crippen molar-refractivity contribution in [2.24, 2.45) is 0 Å². The first-order valence-corrected chi connectivity index (χ1v) is 11.5. The van der Waals surface area contributed by atoms with Gasteiger partial charge in [-0.1, -0.05) is 53.7 Å². The molecule has 0 spiro atoms. The molecule has 2 heterocycles. The Balaban J connectivity index is 1.41. The highest BCUT2D eigenvalue weighted by Crippen LogP contribution is 2.33. The maximum Gasteiger partial charge on any atom is 0.344 e. The first kappa shape index (κ1) is 23.2. The van der Waals surface area contributed by atoms with Gasteiger partial charge in [0.2, 0.25) is 0 Å². The lowest BCUT2D eigenvalue weighted by Crippen LogP contribution is -2.42. The quantitative estimate of drug-likeness (QED) is 0.396. The van der Waals surface area contributed by atoms with Crippen LogP contribution in [0.15, 0.2) is 77.3 Å². The van der Waals surface area contributed by atoms with Crippen LogP contribution < -0.4 is 10.2 Å². The summed E-state index contributed by atoms with van der Waals surface area (Å²) < 4.78 is 15.6. The Kier molecular flexibility index (Phi) is 6.16. The van der Waals surface area contributed by atoms with Crippen molar-refractivity contribution in [3.05, 3.63) is 101 Å². The zero-order chi connectivity index (χ0) is 25.2. The monoisotopic (exact) mass is 483 g/mol. The fourth-order valence-electron chi connectivity index (χ4n) is 4.29. The lowest BCUT2D eigenvalue weighted by molar-refractivity contribution is -0.137. The fraction of sp³-hybridized carbons (Fsp3) is 0.179. The van der Waals surface area contributed by atoms with Crippen LogP contribution in [-0.2, 0) is 9.53 Å². The molecule has 1 atom stereocenters. The number of amides is 1. The summed E-state index contributed by atoms with van der Waals surface area (Å²) in [6, 6.07) is 21.3. The van der Waals surface area contributed by atoms with E-state index in [4.69, 9.17) is 14.0 Å². The van der Waals surface area contributed by atoms with E-state index in [0.29, 0.717) is 11.5 Å². The van der Waals surface area contributed by atoms with Crippen molar-refractivity contribution in [1.29, 1.82) is 0 Å². The van der Waals surface area contributed by atoms with Crippen LogP contribution in [0.1, 0.15) is 39.0 Å². The number of methoxy groups -OCH3 is 1. The zero-order valence-corrected chi connectivity index (χ0v) is 20.1. The van der Waals surface area contributed by atoms with Gasteiger partial charge in [0.25, 0.3) is 5.91 Å². The molecule has 36 heavy (non-hydrogen) atoms. The molecule has 3 aromatic carbocycles. The van der Waals surface area contributed by atoms with E-state index in [1.54, 1.807) is 21.0 Å². The summed E-state index contributed by atoms with van der Waals surface area (Å²) in [6.07, 6.45) is 1.99. The van der Waals surface area contributed by atoms with E-state index >= 15 is 0 Å². The van der Waals surface area contributed by atoms with E-state index in [-0.39, 0.29) is 5.56 Å². The Hall–Kier alpha value is -4.59. The molecular formula is C28H25N3O5. The number of hydrogen-bond donors (Lipinski definition) is 1. The van der Waals surface area contributed by atoms with Gasteiger partial charge in [-0.15, -0.1) is 0 Å². The molecule has 0 bridgehead atoms. The highest BCUT2D eigenvalue weighted by atomic mass is 16.5. The highest BCUT2D eigenvalue weighted by Gasteiger charge is 2.32. The lowest BCUT2D eigenvalue weighted by atomic mass is 10.0. The van der Waals surface area contributed by atoms with Crippen LogP contribution in [0.2, 0.25) is 0 Å². The fourth-order valence-corrected chi connectivity index (χ4v) is 4.29. The number of benzene rings is 3. The van der Waals surface area contributed by atoms with Crippen LogP contribution in [-0.4, -0.2) is 35.8 Å². The minimum Gasteiger partial charge on any atom is -0.497 e. The van der Waals surface area contributed by atoms with Crippen LogP contribution in [0.4, 0.5) is 0 Å². The second-order valence-corrected chi connectivity index (χ2v) is 8.51. The molecule has 0 saturated carbocycles. The normalized spacial score (nSPS) is 14.9. The zero-order valence-electron chi connectivity index (χ0n) is 20.1. The number of rotatable bonds is 6. The van der Waals surface area contributed by atoms with Crippen molar-refractivity contribution in [1.82, 2.24) is 15.6 Å². The summed E-state index contributed by atoms with van der Waals surface area (Å²) in [7, 11) is 1.60. The van der Waals surface area contributed by atoms with Gasteiger partial charge in [0.1, 0.15) is 17.1 Å². The molecule has 8 heteroatoms. The van der Waals surface area contributed by atoms with Crippen LogP contribution in [0.5, 0.6) is 5.75 Å². The number of carbonyl (C=O) groups is 2. The molecule has 1 aromatic heterocycles. The molecular weight excluding hydrogens is 458 g/mol. The summed E-state index contributed by atoms with van der Waals surface area (Å²) in [5.74, 6) is 0.0146. The van der Waals surface area contributed by atoms with E-state index in [9.17, 15) is 9.59 Å². The summed E-state index contributed by atoms with van der Waals surface area (Å²) >= 11 is 0. The summed E-state index contributed by atoms with van der Waals surface area (Å²) in [6.45, 7) is 2.83. The van der Waals surface area contributed by atoms with E-state index < -0.39 is 24.5 Å². The van der Waals surface area contributed by atoms with Gasteiger partial charge in [-0.2, -0.15) is 0 Å². The third kappa shape index (κ3) is 4.40. The first-order chi connectivity index (χ1) is 17.4. The molecule has 1 aliphatic rings. The number of carbonyl (C=O) groups excluding carboxylic acids is 2. The van der Waals surface area contributed by atoms with Crippen LogP contribution >= 0.6 is 0 Å². The predicted octanol–water partition coefficient (Wildman–Crippen LogP) is 4.74. The largest absolute Gasteiger partial charge is 0.497 e. The average molecular weight is 484 g/mol. The van der Waals surface area contributed by atoms with Crippen molar-refractivity contribution in [2.75, 3.05) is 13.7 Å². The molecule has 1 aliphatic heterocycles. The number of hydrogen-bond acceptors (Lipinski definition) is 7. The van der Waals surface area contributed by atoms with E-state index in [2.05, 4.69) is 22.7 Å². The van der Waals surface area contributed by atoms with Gasteiger partial charge in [0.05, 0.1) is 24.5 Å². The molecule has 1 N–H and O–H groups in total. The average Bonchev–Trinajstić information content (AvgIpc) is 3.50. The SMILES string of the molecule is COc1ccc([C@H]2C=C(c3ccc4ccccc4c3)NN2C(=O)COC(=O)c2c(C)noc2C)cc1. The summed E-state index contributed by atoms with van der Waals surface area (Å²) in [5.41, 5.74) is 6.48. The number of nitrogens with one attached hydrogen (secondary N) is 1. The maximum atomic E-state index is 13.3. The highest BCUT2D eigenvalue weighted by molar-refractivity contribution is 5.93. The van der Waals surface area contributed by atoms with Crippen molar-refractivity contribution < 1.29 is 23.6 Å². The van der Waals surface area contributed by atoms with Gasteiger partial charge >= 0.3 is 5.97 Å². The van der Waals surface area contributed by atoms with Crippen molar-refractivity contribution in [3.63, 3.8) is 0 Å². The molecule has 0 saturated heterocycles. The molecule has 182 valence electrons. The minimum atomic E-state index is -0.650. The van der Waals surface area contributed by atoms with Gasteiger partial charge < -0.3 is 14.0 Å². The number of aromatic nitrogens is 1. The van der Waals surface area contributed by atoms with Crippen LogP contribution in [0.25, 0.3) is 16.5 Å². The van der Waals surface area contributed by atoms with Crippen LogP contribution in [0, 0.1) is 13.8 Å². The van der Waals surface area contributed by atoms with Crippen molar-refractivity contribution in [2.45, 2.75) is 19.9 Å². The van der Waals surface area contributed by atoms with Gasteiger partial charge in [0.15, 0.2) is 6.61 Å². The van der Waals surface area contributed by atoms with Gasteiger partial charge in [-0.25, -0.2) is 9.80 Å². The Morgan fingerprint density at radius 2 is 1.78 bits per heavy atom. The number of ether oxygens (including phenoxy) is 2. The van der Waals surface area contributed by atoms with Crippen LogP contribution in [0.3, 0.4) is 0 Å². The third-order valence-electron chi connectivity index (χ3n) is 6.19. The van der Waals surface area contributed by atoms with E-state index in [1.807, 2.05) is 60.7 Å². The van der Waals surface area contributed by atoms with Gasteiger partial charge in [0, 0.05) is 0 Å². The predicted molar refractivity (Wildman–Crippen MR) is 134 cm³/mol. The van der Waals surface area contributed by atoms with Crippen molar-refractivity contribution >= 4 is 28.3 Å². The molecule has 8 nitrogen and oxygen atoms in total. The molecule has 0 aliphatic carbocycles. The number of hydrazine groups is 1. The van der Waals surface area contributed by atoms with Gasteiger partial charge in [-0.3, -0.25) is 10.2 Å². The first-order valence-electron chi connectivity index (χ1n) is 11.5. The molecule has 0 unspecified atom stereocenters.